The summed E-state index contributed by atoms with van der Waals surface area (Å²) in [5.74, 6) is 5.86. The largest absolute Gasteiger partial charge is 0.366 e. The molecule has 0 aliphatic rings. The van der Waals surface area contributed by atoms with Gasteiger partial charge in [0.25, 0.3) is 0 Å². The molecule has 1 atom stereocenters. The SMILES string of the molecule is CCO[C@H](C)C#Cc1nc2ccccc2nc1Cl. The van der Waals surface area contributed by atoms with Gasteiger partial charge < -0.3 is 4.74 Å². The van der Waals surface area contributed by atoms with Crippen molar-refractivity contribution in [1.29, 1.82) is 0 Å². The number of para-hydroxylation sites is 2. The zero-order chi connectivity index (χ0) is 13.0. The number of ether oxygens (including phenoxy) is 1. The number of fused-ring (bicyclic) bond motifs is 1. The van der Waals surface area contributed by atoms with E-state index in [0.29, 0.717) is 17.5 Å². The molecule has 1 heterocycles. The summed E-state index contributed by atoms with van der Waals surface area (Å²) in [6.45, 7) is 4.45. The predicted octanol–water partition coefficient (Wildman–Crippen LogP) is 3.06. The molecule has 4 heteroatoms. The molecule has 0 unspecified atom stereocenters. The molecule has 92 valence electrons. The van der Waals surface area contributed by atoms with Crippen molar-refractivity contribution in [3.05, 3.63) is 35.1 Å². The van der Waals surface area contributed by atoms with Gasteiger partial charge in [-0.2, -0.15) is 0 Å². The molecule has 1 aromatic carbocycles. The maximum absolute atomic E-state index is 6.05. The van der Waals surface area contributed by atoms with Crippen molar-refractivity contribution in [2.24, 2.45) is 0 Å². The normalized spacial score (nSPS) is 11.9. The van der Waals surface area contributed by atoms with Gasteiger partial charge in [0.2, 0.25) is 0 Å². The molecule has 0 aliphatic carbocycles. The van der Waals surface area contributed by atoms with Crippen molar-refractivity contribution in [3.63, 3.8) is 0 Å². The van der Waals surface area contributed by atoms with Crippen LogP contribution in [-0.2, 0) is 4.74 Å². The fourth-order valence-corrected chi connectivity index (χ4v) is 1.70. The lowest BCUT2D eigenvalue weighted by Gasteiger charge is -2.02. The van der Waals surface area contributed by atoms with E-state index in [2.05, 4.69) is 21.8 Å². The Labute approximate surface area is 111 Å². The third-order valence-electron chi connectivity index (χ3n) is 2.34. The first-order valence-corrected chi connectivity index (χ1v) is 6.14. The van der Waals surface area contributed by atoms with Crippen LogP contribution in [0.3, 0.4) is 0 Å². The number of hydrogen-bond acceptors (Lipinski definition) is 3. The Morgan fingerprint density at radius 2 is 1.94 bits per heavy atom. The van der Waals surface area contributed by atoms with Gasteiger partial charge in [-0.15, -0.1) is 0 Å². The van der Waals surface area contributed by atoms with E-state index in [0.717, 1.165) is 11.0 Å². The van der Waals surface area contributed by atoms with Gasteiger partial charge >= 0.3 is 0 Å². The first kappa shape index (κ1) is 12.8. The molecule has 2 aromatic rings. The van der Waals surface area contributed by atoms with E-state index < -0.39 is 0 Å². The Balaban J connectivity index is 2.36. The van der Waals surface area contributed by atoms with Crippen LogP contribution in [-0.4, -0.2) is 22.7 Å². The van der Waals surface area contributed by atoms with Crippen molar-refractivity contribution < 1.29 is 4.74 Å². The number of rotatable bonds is 2. The molecule has 0 amide bonds. The monoisotopic (exact) mass is 260 g/mol. The Morgan fingerprint density at radius 3 is 2.61 bits per heavy atom. The summed E-state index contributed by atoms with van der Waals surface area (Å²) in [5, 5.41) is 0.324. The fourth-order valence-electron chi connectivity index (χ4n) is 1.52. The van der Waals surface area contributed by atoms with Crippen molar-refractivity contribution in [3.8, 4) is 11.8 Å². The molecule has 0 aliphatic heterocycles. The van der Waals surface area contributed by atoms with Gasteiger partial charge in [0.1, 0.15) is 6.10 Å². The molecule has 0 bridgehead atoms. The lowest BCUT2D eigenvalue weighted by molar-refractivity contribution is 0.116. The van der Waals surface area contributed by atoms with Gasteiger partial charge in [-0.3, -0.25) is 0 Å². The molecule has 0 spiro atoms. The zero-order valence-electron chi connectivity index (χ0n) is 10.3. The Morgan fingerprint density at radius 1 is 1.28 bits per heavy atom. The molecule has 0 saturated heterocycles. The summed E-state index contributed by atoms with van der Waals surface area (Å²) in [4.78, 5) is 8.64. The second-order valence-corrected chi connectivity index (χ2v) is 4.08. The topological polar surface area (TPSA) is 35.0 Å². The van der Waals surface area contributed by atoms with Gasteiger partial charge in [0, 0.05) is 6.61 Å². The Hall–Kier alpha value is -1.63. The minimum Gasteiger partial charge on any atom is -0.366 e. The minimum atomic E-state index is -0.140. The molecular weight excluding hydrogens is 248 g/mol. The Bertz CT molecular complexity index is 616. The van der Waals surface area contributed by atoms with Crippen LogP contribution in [0.25, 0.3) is 11.0 Å². The van der Waals surface area contributed by atoms with Crippen LogP contribution in [0.2, 0.25) is 5.15 Å². The molecule has 0 saturated carbocycles. The number of benzene rings is 1. The first-order chi connectivity index (χ1) is 8.70. The molecule has 2 rings (SSSR count). The highest BCUT2D eigenvalue weighted by atomic mass is 35.5. The maximum Gasteiger partial charge on any atom is 0.164 e. The maximum atomic E-state index is 6.05. The highest BCUT2D eigenvalue weighted by molar-refractivity contribution is 6.30. The molecule has 0 radical (unpaired) electrons. The molecular formula is C14H13ClN2O. The molecule has 0 N–H and O–H groups in total. The standard InChI is InChI=1S/C14H13ClN2O/c1-3-18-10(2)8-9-13-14(15)17-12-7-5-4-6-11(12)16-13/h4-7,10H,3H2,1-2H3/t10-/m1/s1. The van der Waals surface area contributed by atoms with Crippen molar-refractivity contribution in [2.45, 2.75) is 20.0 Å². The molecule has 3 nitrogen and oxygen atoms in total. The van der Waals surface area contributed by atoms with Gasteiger partial charge in [-0.05, 0) is 31.9 Å². The highest BCUT2D eigenvalue weighted by Crippen LogP contribution is 2.15. The van der Waals surface area contributed by atoms with Crippen LogP contribution < -0.4 is 0 Å². The average molecular weight is 261 g/mol. The van der Waals surface area contributed by atoms with Gasteiger partial charge in [0.15, 0.2) is 10.8 Å². The predicted molar refractivity (Wildman–Crippen MR) is 72.5 cm³/mol. The number of hydrogen-bond donors (Lipinski definition) is 0. The van der Waals surface area contributed by atoms with E-state index in [1.807, 2.05) is 38.1 Å². The van der Waals surface area contributed by atoms with Crippen molar-refractivity contribution in [1.82, 2.24) is 9.97 Å². The van der Waals surface area contributed by atoms with Gasteiger partial charge in [-0.1, -0.05) is 29.7 Å². The third-order valence-corrected chi connectivity index (χ3v) is 2.60. The van der Waals surface area contributed by atoms with Gasteiger partial charge in [-0.25, -0.2) is 9.97 Å². The first-order valence-electron chi connectivity index (χ1n) is 5.76. The van der Waals surface area contributed by atoms with Crippen molar-refractivity contribution in [2.75, 3.05) is 6.61 Å². The smallest absolute Gasteiger partial charge is 0.164 e. The molecule has 1 aromatic heterocycles. The summed E-state index contributed by atoms with van der Waals surface area (Å²) in [7, 11) is 0. The van der Waals surface area contributed by atoms with Crippen LogP contribution in [0.5, 0.6) is 0 Å². The second-order valence-electron chi connectivity index (χ2n) is 3.72. The van der Waals surface area contributed by atoms with E-state index in [4.69, 9.17) is 16.3 Å². The number of aromatic nitrogens is 2. The number of nitrogens with zero attached hydrogens (tertiary/aromatic N) is 2. The van der Waals surface area contributed by atoms with E-state index in [-0.39, 0.29) is 6.10 Å². The summed E-state index contributed by atoms with van der Waals surface area (Å²) >= 11 is 6.05. The summed E-state index contributed by atoms with van der Waals surface area (Å²) in [6, 6.07) is 7.56. The van der Waals surface area contributed by atoms with Gasteiger partial charge in [0.05, 0.1) is 11.0 Å². The zero-order valence-corrected chi connectivity index (χ0v) is 11.0. The molecule has 0 fully saturated rings. The van der Waals surface area contributed by atoms with E-state index in [1.165, 1.54) is 0 Å². The lowest BCUT2D eigenvalue weighted by Crippen LogP contribution is -2.04. The summed E-state index contributed by atoms with van der Waals surface area (Å²) in [6.07, 6.45) is -0.140. The second kappa shape index (κ2) is 5.81. The van der Waals surface area contributed by atoms with Crippen LogP contribution in [0.4, 0.5) is 0 Å². The van der Waals surface area contributed by atoms with Crippen LogP contribution in [0.15, 0.2) is 24.3 Å². The van der Waals surface area contributed by atoms with Crippen LogP contribution in [0.1, 0.15) is 19.5 Å². The Kier molecular flexibility index (Phi) is 4.14. The fraction of sp³-hybridized carbons (Fsp3) is 0.286. The van der Waals surface area contributed by atoms with Crippen LogP contribution >= 0.6 is 11.6 Å². The lowest BCUT2D eigenvalue weighted by atomic mass is 10.3. The van der Waals surface area contributed by atoms with E-state index in [1.54, 1.807) is 0 Å². The minimum absolute atomic E-state index is 0.140. The van der Waals surface area contributed by atoms with E-state index in [9.17, 15) is 0 Å². The highest BCUT2D eigenvalue weighted by Gasteiger charge is 2.04. The quantitative estimate of drug-likeness (QED) is 0.779. The average Bonchev–Trinajstić information content (AvgIpc) is 2.36. The number of halogens is 1. The molecule has 18 heavy (non-hydrogen) atoms. The van der Waals surface area contributed by atoms with E-state index >= 15 is 0 Å². The summed E-state index contributed by atoms with van der Waals surface area (Å²) < 4.78 is 5.33. The summed E-state index contributed by atoms with van der Waals surface area (Å²) in [5.41, 5.74) is 2.04. The van der Waals surface area contributed by atoms with Crippen molar-refractivity contribution >= 4 is 22.6 Å². The van der Waals surface area contributed by atoms with Crippen LogP contribution in [0, 0.1) is 11.8 Å². The third kappa shape index (κ3) is 2.98.